The van der Waals surface area contributed by atoms with Crippen LogP contribution >= 0.6 is 0 Å². The Labute approximate surface area is 105 Å². The Hall–Kier alpha value is -2.10. The van der Waals surface area contributed by atoms with E-state index in [9.17, 15) is 9.18 Å². The zero-order valence-electron chi connectivity index (χ0n) is 10.3. The van der Waals surface area contributed by atoms with E-state index in [1.165, 1.54) is 12.1 Å². The van der Waals surface area contributed by atoms with E-state index >= 15 is 0 Å². The molecule has 1 aromatic heterocycles. The van der Waals surface area contributed by atoms with Crippen LogP contribution in [0.3, 0.4) is 0 Å². The molecule has 94 valence electrons. The number of carbonyl (C=O) groups is 1. The Bertz CT molecular complexity index is 538. The highest BCUT2D eigenvalue weighted by Crippen LogP contribution is 2.15. The molecule has 2 rings (SSSR count). The number of furan rings is 1. The molecule has 0 fully saturated rings. The minimum absolute atomic E-state index is 0.178. The summed E-state index contributed by atoms with van der Waals surface area (Å²) in [5.41, 5.74) is 2.23. The highest BCUT2D eigenvalue weighted by atomic mass is 19.1. The van der Waals surface area contributed by atoms with Crippen LogP contribution in [0.1, 0.15) is 27.2 Å². The maximum atomic E-state index is 12.7. The Kier molecular flexibility index (Phi) is 3.46. The smallest absolute Gasteiger partial charge is 0.255 e. The monoisotopic (exact) mass is 247 g/mol. The average Bonchev–Trinajstić information content (AvgIpc) is 2.68. The molecule has 0 unspecified atom stereocenters. The van der Waals surface area contributed by atoms with E-state index in [1.54, 1.807) is 25.3 Å². The molecule has 18 heavy (non-hydrogen) atoms. The van der Waals surface area contributed by atoms with Crippen molar-refractivity contribution in [3.63, 3.8) is 0 Å². The normalized spacial score (nSPS) is 10.4. The van der Waals surface area contributed by atoms with Crippen LogP contribution in [0.2, 0.25) is 0 Å². The molecular weight excluding hydrogens is 233 g/mol. The van der Waals surface area contributed by atoms with E-state index in [-0.39, 0.29) is 11.7 Å². The fraction of sp³-hybridized carbons (Fsp3) is 0.214. The largest absolute Gasteiger partial charge is 0.469 e. The third-order valence-electron chi connectivity index (χ3n) is 2.75. The third-order valence-corrected chi connectivity index (χ3v) is 2.75. The Morgan fingerprint density at radius 3 is 2.50 bits per heavy atom. The second-order valence-corrected chi connectivity index (χ2v) is 4.16. The van der Waals surface area contributed by atoms with E-state index in [4.69, 9.17) is 4.42 Å². The zero-order chi connectivity index (χ0) is 13.1. The number of hydrogen-bond acceptors (Lipinski definition) is 2. The molecule has 0 aliphatic carbocycles. The van der Waals surface area contributed by atoms with Gasteiger partial charge in [-0.3, -0.25) is 4.79 Å². The van der Waals surface area contributed by atoms with Crippen LogP contribution in [0.4, 0.5) is 4.39 Å². The van der Waals surface area contributed by atoms with Gasteiger partial charge in [0.1, 0.15) is 11.6 Å². The highest BCUT2D eigenvalue weighted by molar-refractivity contribution is 5.96. The summed E-state index contributed by atoms with van der Waals surface area (Å²) in [5.74, 6) is 0.138. The van der Waals surface area contributed by atoms with Gasteiger partial charge < -0.3 is 9.73 Å². The minimum Gasteiger partial charge on any atom is -0.469 e. The Balaban J connectivity index is 2.03. The second-order valence-electron chi connectivity index (χ2n) is 4.16. The molecule has 0 radical (unpaired) electrons. The highest BCUT2D eigenvalue weighted by Gasteiger charge is 2.14. The molecule has 0 spiro atoms. The number of nitrogens with one attached hydrogen (secondary N) is 1. The van der Waals surface area contributed by atoms with Gasteiger partial charge in [0.05, 0.1) is 11.8 Å². The van der Waals surface area contributed by atoms with Crippen LogP contribution in [-0.2, 0) is 6.54 Å². The molecule has 0 saturated carbocycles. The van der Waals surface area contributed by atoms with Crippen LogP contribution in [0, 0.1) is 19.7 Å². The Morgan fingerprint density at radius 1 is 1.28 bits per heavy atom. The Morgan fingerprint density at radius 2 is 1.94 bits per heavy atom. The first-order chi connectivity index (χ1) is 8.58. The molecule has 0 aliphatic rings. The van der Waals surface area contributed by atoms with Crippen molar-refractivity contribution >= 4 is 5.91 Å². The topological polar surface area (TPSA) is 42.2 Å². The van der Waals surface area contributed by atoms with Gasteiger partial charge >= 0.3 is 0 Å². The van der Waals surface area contributed by atoms with Crippen molar-refractivity contribution in [2.24, 2.45) is 0 Å². The lowest BCUT2D eigenvalue weighted by Crippen LogP contribution is -2.23. The summed E-state index contributed by atoms with van der Waals surface area (Å²) in [6.07, 6.45) is 1.56. The first kappa shape index (κ1) is 12.4. The SMILES string of the molecule is Cc1coc(C)c1C(=O)NCc1ccc(F)cc1. The number of amides is 1. The van der Waals surface area contributed by atoms with Crippen molar-refractivity contribution in [3.8, 4) is 0 Å². The van der Waals surface area contributed by atoms with Gasteiger partial charge in [-0.1, -0.05) is 12.1 Å². The van der Waals surface area contributed by atoms with Crippen molar-refractivity contribution in [2.75, 3.05) is 0 Å². The molecule has 4 heteroatoms. The first-order valence-electron chi connectivity index (χ1n) is 5.65. The molecule has 1 heterocycles. The summed E-state index contributed by atoms with van der Waals surface area (Å²) < 4.78 is 17.9. The van der Waals surface area contributed by atoms with Crippen molar-refractivity contribution in [1.82, 2.24) is 5.32 Å². The average molecular weight is 247 g/mol. The van der Waals surface area contributed by atoms with Crippen molar-refractivity contribution in [3.05, 3.63) is 58.8 Å². The summed E-state index contributed by atoms with van der Waals surface area (Å²) in [6, 6.07) is 6.03. The van der Waals surface area contributed by atoms with Gasteiger partial charge in [-0.2, -0.15) is 0 Å². The summed E-state index contributed by atoms with van der Waals surface area (Å²) in [6.45, 7) is 3.94. The maximum absolute atomic E-state index is 12.7. The molecule has 1 aromatic carbocycles. The van der Waals surface area contributed by atoms with E-state index in [0.717, 1.165) is 11.1 Å². The number of hydrogen-bond donors (Lipinski definition) is 1. The molecular formula is C14H14FNO2. The molecule has 0 atom stereocenters. The quantitative estimate of drug-likeness (QED) is 0.906. The summed E-state index contributed by atoms with van der Waals surface area (Å²) in [4.78, 5) is 11.9. The standard InChI is InChI=1S/C14H14FNO2/c1-9-8-18-10(2)13(9)14(17)16-7-11-3-5-12(15)6-4-11/h3-6,8H,7H2,1-2H3,(H,16,17). The molecule has 0 saturated heterocycles. The molecule has 0 aliphatic heterocycles. The van der Waals surface area contributed by atoms with Gasteiger partial charge in [0.2, 0.25) is 0 Å². The van der Waals surface area contributed by atoms with Gasteiger partial charge in [0, 0.05) is 12.1 Å². The van der Waals surface area contributed by atoms with Crippen LogP contribution in [0.25, 0.3) is 0 Å². The molecule has 3 nitrogen and oxygen atoms in total. The summed E-state index contributed by atoms with van der Waals surface area (Å²) in [7, 11) is 0. The third kappa shape index (κ3) is 2.59. The van der Waals surface area contributed by atoms with Gasteiger partial charge in [-0.25, -0.2) is 4.39 Å². The van der Waals surface area contributed by atoms with Gasteiger partial charge in [-0.05, 0) is 31.5 Å². The molecule has 1 amide bonds. The molecule has 2 aromatic rings. The predicted octanol–water partition coefficient (Wildman–Crippen LogP) is 2.97. The van der Waals surface area contributed by atoms with Crippen LogP contribution in [0.5, 0.6) is 0 Å². The van der Waals surface area contributed by atoms with Gasteiger partial charge in [0.15, 0.2) is 0 Å². The van der Waals surface area contributed by atoms with Crippen LogP contribution in [-0.4, -0.2) is 5.91 Å². The lowest BCUT2D eigenvalue weighted by atomic mass is 10.1. The van der Waals surface area contributed by atoms with Crippen LogP contribution in [0.15, 0.2) is 34.9 Å². The fourth-order valence-corrected chi connectivity index (χ4v) is 1.78. The minimum atomic E-state index is -0.286. The van der Waals surface area contributed by atoms with Crippen LogP contribution < -0.4 is 5.32 Å². The van der Waals surface area contributed by atoms with Crippen molar-refractivity contribution in [1.29, 1.82) is 0 Å². The number of aryl methyl sites for hydroxylation is 2. The maximum Gasteiger partial charge on any atom is 0.255 e. The van der Waals surface area contributed by atoms with E-state index < -0.39 is 0 Å². The zero-order valence-corrected chi connectivity index (χ0v) is 10.3. The summed E-state index contributed by atoms with van der Waals surface area (Å²) >= 11 is 0. The number of benzene rings is 1. The molecule has 0 bridgehead atoms. The lowest BCUT2D eigenvalue weighted by molar-refractivity contribution is 0.0949. The number of halogens is 1. The number of rotatable bonds is 3. The van der Waals surface area contributed by atoms with E-state index in [2.05, 4.69) is 5.32 Å². The summed E-state index contributed by atoms with van der Waals surface area (Å²) in [5, 5.41) is 2.78. The fourth-order valence-electron chi connectivity index (χ4n) is 1.78. The predicted molar refractivity (Wildman–Crippen MR) is 65.8 cm³/mol. The first-order valence-corrected chi connectivity index (χ1v) is 5.65. The molecule has 1 N–H and O–H groups in total. The second kappa shape index (κ2) is 5.04. The number of carbonyl (C=O) groups excluding carboxylic acids is 1. The van der Waals surface area contributed by atoms with Crippen molar-refractivity contribution < 1.29 is 13.6 Å². The van der Waals surface area contributed by atoms with Gasteiger partial charge in [-0.15, -0.1) is 0 Å². The van der Waals surface area contributed by atoms with E-state index in [1.807, 2.05) is 6.92 Å². The van der Waals surface area contributed by atoms with Crippen molar-refractivity contribution in [2.45, 2.75) is 20.4 Å². The van der Waals surface area contributed by atoms with E-state index in [0.29, 0.717) is 17.9 Å². The van der Waals surface area contributed by atoms with Gasteiger partial charge in [0.25, 0.3) is 5.91 Å². The lowest BCUT2D eigenvalue weighted by Gasteiger charge is -2.05.